The largest absolute Gasteiger partial charge is 0.509 e. The summed E-state index contributed by atoms with van der Waals surface area (Å²) in [7, 11) is -4.37. The molecule has 0 aromatic carbocycles. The van der Waals surface area contributed by atoms with Crippen LogP contribution in [0.5, 0.6) is 0 Å². The summed E-state index contributed by atoms with van der Waals surface area (Å²) in [6.45, 7) is 4.65. The molecular formula is C7H14O6S. The van der Waals surface area contributed by atoms with Gasteiger partial charge < -0.3 is 9.47 Å². The summed E-state index contributed by atoms with van der Waals surface area (Å²) in [5.74, 6) is 0. The van der Waals surface area contributed by atoms with Crippen molar-refractivity contribution < 1.29 is 27.2 Å². The van der Waals surface area contributed by atoms with Crippen LogP contribution in [0, 0.1) is 0 Å². The van der Waals surface area contributed by atoms with Gasteiger partial charge in [-0.2, -0.15) is 8.42 Å². The fourth-order valence-corrected chi connectivity index (χ4v) is 1.30. The molecule has 14 heavy (non-hydrogen) atoms. The number of carbonyl (C=O) groups excluding carboxylic acids is 1. The molecule has 1 N–H and O–H groups in total. The van der Waals surface area contributed by atoms with Crippen molar-refractivity contribution in [3.8, 4) is 0 Å². The predicted molar refractivity (Wildman–Crippen MR) is 48.3 cm³/mol. The van der Waals surface area contributed by atoms with E-state index in [-0.39, 0.29) is 6.42 Å². The fraction of sp³-hybridized carbons (Fsp3) is 0.857. The number of rotatable bonds is 4. The lowest BCUT2D eigenvalue weighted by Crippen LogP contribution is -2.27. The number of carbonyl (C=O) groups is 1. The zero-order valence-corrected chi connectivity index (χ0v) is 9.08. The van der Waals surface area contributed by atoms with Crippen LogP contribution in [0.25, 0.3) is 0 Å². The molecule has 0 saturated heterocycles. The maximum absolute atomic E-state index is 10.8. The standard InChI is InChI=1S/C7H14O6S/c1-4-6(14(9,10)11)13-7(8)12-5(2)3/h5-6H,4H2,1-3H3,(H,9,10,11). The van der Waals surface area contributed by atoms with E-state index >= 15 is 0 Å². The predicted octanol–water partition coefficient (Wildman–Crippen LogP) is 1.17. The average molecular weight is 226 g/mol. The van der Waals surface area contributed by atoms with E-state index in [1.54, 1.807) is 13.8 Å². The van der Waals surface area contributed by atoms with Crippen molar-refractivity contribution in [2.45, 2.75) is 38.7 Å². The van der Waals surface area contributed by atoms with Gasteiger partial charge in [0.1, 0.15) is 0 Å². The highest BCUT2D eigenvalue weighted by molar-refractivity contribution is 7.86. The van der Waals surface area contributed by atoms with Gasteiger partial charge in [0.2, 0.25) is 5.44 Å². The van der Waals surface area contributed by atoms with Crippen molar-refractivity contribution >= 4 is 16.3 Å². The molecule has 0 aliphatic heterocycles. The maximum Gasteiger partial charge on any atom is 0.509 e. The van der Waals surface area contributed by atoms with Gasteiger partial charge in [0.25, 0.3) is 0 Å². The Morgan fingerprint density at radius 1 is 1.36 bits per heavy atom. The van der Waals surface area contributed by atoms with Crippen LogP contribution in [0.1, 0.15) is 27.2 Å². The van der Waals surface area contributed by atoms with Crippen LogP contribution in [0.15, 0.2) is 0 Å². The van der Waals surface area contributed by atoms with Gasteiger partial charge in [-0.1, -0.05) is 6.92 Å². The smallest absolute Gasteiger partial charge is 0.432 e. The SMILES string of the molecule is CCC(OC(=O)OC(C)C)S(=O)(=O)O. The first-order chi connectivity index (χ1) is 6.27. The number of hydrogen-bond donors (Lipinski definition) is 1. The summed E-state index contributed by atoms with van der Waals surface area (Å²) in [5.41, 5.74) is -1.56. The Labute approximate surface area is 82.9 Å². The van der Waals surface area contributed by atoms with Crippen molar-refractivity contribution in [1.29, 1.82) is 0 Å². The molecule has 0 aliphatic carbocycles. The molecule has 0 bridgehead atoms. The van der Waals surface area contributed by atoms with Crippen LogP contribution in [0.4, 0.5) is 4.79 Å². The maximum atomic E-state index is 10.8. The van der Waals surface area contributed by atoms with Crippen LogP contribution >= 0.6 is 0 Å². The second-order valence-corrected chi connectivity index (χ2v) is 4.44. The Morgan fingerprint density at radius 2 is 1.86 bits per heavy atom. The molecule has 1 unspecified atom stereocenters. The lowest BCUT2D eigenvalue weighted by atomic mass is 10.5. The van der Waals surface area contributed by atoms with Crippen LogP contribution < -0.4 is 0 Å². The molecule has 1 atom stereocenters. The highest BCUT2D eigenvalue weighted by Crippen LogP contribution is 2.07. The molecule has 0 fully saturated rings. The zero-order valence-electron chi connectivity index (χ0n) is 8.26. The molecule has 0 aliphatic rings. The van der Waals surface area contributed by atoms with E-state index in [2.05, 4.69) is 9.47 Å². The van der Waals surface area contributed by atoms with Crippen molar-refractivity contribution in [2.75, 3.05) is 0 Å². The summed E-state index contributed by atoms with van der Waals surface area (Å²) < 4.78 is 38.7. The van der Waals surface area contributed by atoms with Gasteiger partial charge in [0, 0.05) is 0 Å². The van der Waals surface area contributed by atoms with Crippen LogP contribution in [0.3, 0.4) is 0 Å². The van der Waals surface area contributed by atoms with Crippen molar-refractivity contribution in [1.82, 2.24) is 0 Å². The third kappa shape index (κ3) is 5.03. The van der Waals surface area contributed by atoms with Crippen molar-refractivity contribution in [3.05, 3.63) is 0 Å². The van der Waals surface area contributed by atoms with Gasteiger partial charge in [0.15, 0.2) is 0 Å². The Bertz CT molecular complexity index is 281. The summed E-state index contributed by atoms with van der Waals surface area (Å²) in [4.78, 5) is 10.8. The van der Waals surface area contributed by atoms with Gasteiger partial charge in [0.05, 0.1) is 6.10 Å². The molecule has 0 spiro atoms. The average Bonchev–Trinajstić information content (AvgIpc) is 1.96. The highest BCUT2D eigenvalue weighted by Gasteiger charge is 2.26. The molecule has 0 radical (unpaired) electrons. The van der Waals surface area contributed by atoms with E-state index in [1.807, 2.05) is 0 Å². The first-order valence-electron chi connectivity index (χ1n) is 4.11. The number of ether oxygens (including phenoxy) is 2. The Hall–Kier alpha value is -0.820. The molecule has 0 saturated carbocycles. The van der Waals surface area contributed by atoms with Gasteiger partial charge in [-0.25, -0.2) is 4.79 Å². The molecular weight excluding hydrogens is 212 g/mol. The minimum Gasteiger partial charge on any atom is -0.432 e. The van der Waals surface area contributed by atoms with E-state index in [4.69, 9.17) is 4.55 Å². The molecule has 0 aromatic heterocycles. The summed E-state index contributed by atoms with van der Waals surface area (Å²) in [6, 6.07) is 0. The van der Waals surface area contributed by atoms with Crippen molar-refractivity contribution in [3.63, 3.8) is 0 Å². The van der Waals surface area contributed by atoms with E-state index in [1.165, 1.54) is 6.92 Å². The Balaban J connectivity index is 4.28. The third-order valence-electron chi connectivity index (χ3n) is 1.23. The third-order valence-corrected chi connectivity index (χ3v) is 2.32. The first-order valence-corrected chi connectivity index (χ1v) is 5.61. The lowest BCUT2D eigenvalue weighted by Gasteiger charge is -2.14. The Morgan fingerprint density at radius 3 is 2.14 bits per heavy atom. The van der Waals surface area contributed by atoms with Crippen molar-refractivity contribution in [2.24, 2.45) is 0 Å². The second-order valence-electron chi connectivity index (χ2n) is 2.89. The molecule has 84 valence electrons. The van der Waals surface area contributed by atoms with Gasteiger partial charge >= 0.3 is 16.3 Å². The normalized spacial score (nSPS) is 13.8. The van der Waals surface area contributed by atoms with Gasteiger partial charge in [-0.3, -0.25) is 4.55 Å². The van der Waals surface area contributed by atoms with Crippen LogP contribution in [0.2, 0.25) is 0 Å². The van der Waals surface area contributed by atoms with E-state index in [0.29, 0.717) is 0 Å². The monoisotopic (exact) mass is 226 g/mol. The topological polar surface area (TPSA) is 89.9 Å². The highest BCUT2D eigenvalue weighted by atomic mass is 32.2. The number of hydrogen-bond acceptors (Lipinski definition) is 5. The molecule has 7 heteroatoms. The molecule has 0 amide bonds. The molecule has 0 heterocycles. The summed E-state index contributed by atoms with van der Waals surface area (Å²) in [5, 5.41) is 0. The van der Waals surface area contributed by atoms with Gasteiger partial charge in [-0.05, 0) is 20.3 Å². The quantitative estimate of drug-likeness (QED) is 0.571. The van der Waals surface area contributed by atoms with E-state index in [9.17, 15) is 13.2 Å². The van der Waals surface area contributed by atoms with E-state index in [0.717, 1.165) is 0 Å². The van der Waals surface area contributed by atoms with Crippen LogP contribution in [-0.4, -0.2) is 30.7 Å². The molecule has 6 nitrogen and oxygen atoms in total. The molecule has 0 aromatic rings. The van der Waals surface area contributed by atoms with E-state index < -0.39 is 27.8 Å². The summed E-state index contributed by atoms with van der Waals surface area (Å²) >= 11 is 0. The first kappa shape index (κ1) is 13.2. The lowest BCUT2D eigenvalue weighted by molar-refractivity contribution is 0.0233. The fourth-order valence-electron chi connectivity index (χ4n) is 0.682. The van der Waals surface area contributed by atoms with Crippen LogP contribution in [-0.2, 0) is 19.6 Å². The molecule has 0 rings (SSSR count). The summed E-state index contributed by atoms with van der Waals surface area (Å²) in [6.07, 6.45) is -1.54. The zero-order chi connectivity index (χ0) is 11.4. The minimum absolute atomic E-state index is 0.0357. The Kier molecular flexibility index (Phi) is 4.86. The second kappa shape index (κ2) is 5.16. The van der Waals surface area contributed by atoms with Gasteiger partial charge in [-0.15, -0.1) is 0 Å². The minimum atomic E-state index is -4.37.